The van der Waals surface area contributed by atoms with Gasteiger partial charge in [0.2, 0.25) is 5.91 Å². The average Bonchev–Trinajstić information content (AvgIpc) is 2.68. The Morgan fingerprint density at radius 1 is 1.26 bits per heavy atom. The van der Waals surface area contributed by atoms with Crippen LogP contribution in [0.2, 0.25) is 0 Å². The van der Waals surface area contributed by atoms with Crippen molar-refractivity contribution in [1.29, 1.82) is 0 Å². The highest BCUT2D eigenvalue weighted by atomic mass is 19.4. The molecule has 3 N–H and O–H groups in total. The van der Waals surface area contributed by atoms with Gasteiger partial charge in [0, 0.05) is 28.8 Å². The Morgan fingerprint density at radius 2 is 1.97 bits per heavy atom. The summed E-state index contributed by atoms with van der Waals surface area (Å²) in [6, 6.07) is 2.52. The predicted octanol–water partition coefficient (Wildman–Crippen LogP) is 2.92. The normalized spacial score (nSPS) is 12.7. The van der Waals surface area contributed by atoms with Gasteiger partial charge in [0.1, 0.15) is 11.6 Å². The lowest BCUT2D eigenvalue weighted by Gasteiger charge is -2.18. The van der Waals surface area contributed by atoms with Crippen LogP contribution < -0.4 is 10.9 Å². The van der Waals surface area contributed by atoms with Gasteiger partial charge in [0.05, 0.1) is 24.6 Å². The second-order valence-electron chi connectivity index (χ2n) is 6.78. The molecule has 164 valence electrons. The van der Waals surface area contributed by atoms with Gasteiger partial charge in [-0.3, -0.25) is 14.6 Å². The van der Waals surface area contributed by atoms with E-state index >= 15 is 0 Å². The summed E-state index contributed by atoms with van der Waals surface area (Å²) in [6.45, 7) is 0.532. The van der Waals surface area contributed by atoms with Crippen LogP contribution in [0.4, 0.5) is 22.0 Å². The number of nitrogens with one attached hydrogen (secondary N) is 2. The third-order valence-electron chi connectivity index (χ3n) is 4.76. The van der Waals surface area contributed by atoms with Crippen molar-refractivity contribution in [3.63, 3.8) is 0 Å². The Bertz CT molecular complexity index is 1210. The first-order valence-corrected chi connectivity index (χ1v) is 8.95. The zero-order valence-corrected chi connectivity index (χ0v) is 16.0. The SMILES string of the molecule is Cc1c(CC(=O)N[C@@H](CO)c2ccc(F)cc2F)c(=O)[nH]c2ccnc(C(F)(F)F)c12. The van der Waals surface area contributed by atoms with Crippen LogP contribution >= 0.6 is 0 Å². The number of alkyl halides is 3. The molecule has 1 atom stereocenters. The van der Waals surface area contributed by atoms with Gasteiger partial charge in [-0.2, -0.15) is 13.2 Å². The van der Waals surface area contributed by atoms with E-state index < -0.39 is 54.0 Å². The molecule has 0 aliphatic heterocycles. The lowest BCUT2D eigenvalue weighted by molar-refractivity contribution is -0.139. The second kappa shape index (κ2) is 8.42. The molecule has 31 heavy (non-hydrogen) atoms. The van der Waals surface area contributed by atoms with E-state index in [1.807, 2.05) is 0 Å². The van der Waals surface area contributed by atoms with Crippen molar-refractivity contribution in [3.05, 3.63) is 74.8 Å². The van der Waals surface area contributed by atoms with E-state index in [-0.39, 0.29) is 27.6 Å². The number of aromatic amines is 1. The summed E-state index contributed by atoms with van der Waals surface area (Å²) < 4.78 is 67.1. The first-order chi connectivity index (χ1) is 14.5. The smallest absolute Gasteiger partial charge is 0.394 e. The number of benzene rings is 1. The fourth-order valence-corrected chi connectivity index (χ4v) is 3.30. The van der Waals surface area contributed by atoms with Gasteiger partial charge in [-0.05, 0) is 24.6 Å². The molecule has 0 unspecified atom stereocenters. The number of fused-ring (bicyclic) bond motifs is 1. The summed E-state index contributed by atoms with van der Waals surface area (Å²) in [5.41, 5.74) is -2.57. The number of halogens is 5. The quantitative estimate of drug-likeness (QED) is 0.531. The van der Waals surface area contributed by atoms with Crippen LogP contribution in [-0.4, -0.2) is 27.6 Å². The highest BCUT2D eigenvalue weighted by Crippen LogP contribution is 2.34. The molecule has 2 aromatic heterocycles. The number of aliphatic hydroxyl groups is 1. The third-order valence-corrected chi connectivity index (χ3v) is 4.76. The topological polar surface area (TPSA) is 95.1 Å². The standard InChI is InChI=1S/C20H16F5N3O3/c1-9-12(19(31)28-14-4-5-26-18(17(9)14)20(23,24)25)7-16(30)27-15(8-29)11-3-2-10(21)6-13(11)22/h2-6,15,29H,7-8H2,1H3,(H,27,30)(H,28,31)/t15-/m0/s1. The minimum Gasteiger partial charge on any atom is -0.394 e. The van der Waals surface area contributed by atoms with E-state index in [1.54, 1.807) is 0 Å². The van der Waals surface area contributed by atoms with E-state index in [1.165, 1.54) is 13.0 Å². The van der Waals surface area contributed by atoms with Crippen LogP contribution in [0.25, 0.3) is 10.9 Å². The number of nitrogens with zero attached hydrogens (tertiary/aromatic N) is 1. The summed E-state index contributed by atoms with van der Waals surface area (Å²) in [7, 11) is 0. The van der Waals surface area contributed by atoms with E-state index in [0.29, 0.717) is 6.07 Å². The zero-order chi connectivity index (χ0) is 22.9. The Morgan fingerprint density at radius 3 is 2.58 bits per heavy atom. The number of carbonyl (C=O) groups is 1. The van der Waals surface area contributed by atoms with Crippen molar-refractivity contribution in [3.8, 4) is 0 Å². The Kier molecular flexibility index (Phi) is 6.07. The second-order valence-corrected chi connectivity index (χ2v) is 6.78. The number of amides is 1. The monoisotopic (exact) mass is 441 g/mol. The number of aryl methyl sites for hydroxylation is 1. The van der Waals surface area contributed by atoms with Crippen LogP contribution in [0.15, 0.2) is 35.3 Å². The molecule has 0 aliphatic rings. The van der Waals surface area contributed by atoms with Crippen molar-refractivity contribution in [1.82, 2.24) is 15.3 Å². The van der Waals surface area contributed by atoms with Gasteiger partial charge in [-0.25, -0.2) is 8.78 Å². The van der Waals surface area contributed by atoms with Crippen molar-refractivity contribution < 1.29 is 31.9 Å². The number of H-pyrrole nitrogens is 1. The van der Waals surface area contributed by atoms with E-state index in [0.717, 1.165) is 18.3 Å². The highest BCUT2D eigenvalue weighted by molar-refractivity contribution is 5.87. The summed E-state index contributed by atoms with van der Waals surface area (Å²) in [4.78, 5) is 30.5. The van der Waals surface area contributed by atoms with Gasteiger partial charge in [-0.1, -0.05) is 6.07 Å². The maximum atomic E-state index is 14.0. The van der Waals surface area contributed by atoms with Crippen molar-refractivity contribution >= 4 is 16.8 Å². The number of pyridine rings is 2. The van der Waals surface area contributed by atoms with Gasteiger partial charge >= 0.3 is 6.18 Å². The lowest BCUT2D eigenvalue weighted by Crippen LogP contribution is -2.34. The van der Waals surface area contributed by atoms with Crippen LogP contribution in [0.3, 0.4) is 0 Å². The minimum atomic E-state index is -4.79. The first-order valence-electron chi connectivity index (χ1n) is 8.95. The molecule has 6 nitrogen and oxygen atoms in total. The largest absolute Gasteiger partial charge is 0.434 e. The van der Waals surface area contributed by atoms with Crippen molar-refractivity contribution in [2.24, 2.45) is 0 Å². The molecule has 2 heterocycles. The fourth-order valence-electron chi connectivity index (χ4n) is 3.30. The summed E-state index contributed by atoms with van der Waals surface area (Å²) in [6.07, 6.45) is -4.51. The summed E-state index contributed by atoms with van der Waals surface area (Å²) >= 11 is 0. The third kappa shape index (κ3) is 4.55. The molecule has 0 aliphatic carbocycles. The molecule has 11 heteroatoms. The average molecular weight is 441 g/mol. The zero-order valence-electron chi connectivity index (χ0n) is 16.0. The lowest BCUT2D eigenvalue weighted by atomic mass is 10.0. The number of carbonyl (C=O) groups excluding carboxylic acids is 1. The maximum absolute atomic E-state index is 14.0. The highest BCUT2D eigenvalue weighted by Gasteiger charge is 2.35. The minimum absolute atomic E-state index is 0.0807. The van der Waals surface area contributed by atoms with E-state index in [4.69, 9.17) is 0 Å². The fraction of sp³-hybridized carbons (Fsp3) is 0.250. The number of rotatable bonds is 5. The summed E-state index contributed by atoms with van der Waals surface area (Å²) in [5, 5.41) is 11.4. The molecule has 3 aromatic rings. The Hall–Kier alpha value is -3.34. The molecular weight excluding hydrogens is 425 g/mol. The van der Waals surface area contributed by atoms with Gasteiger partial charge < -0.3 is 15.4 Å². The molecule has 0 saturated carbocycles. The van der Waals surface area contributed by atoms with Crippen LogP contribution in [0.5, 0.6) is 0 Å². The molecule has 0 fully saturated rings. The van der Waals surface area contributed by atoms with E-state index in [9.17, 15) is 36.6 Å². The molecule has 0 radical (unpaired) electrons. The van der Waals surface area contributed by atoms with Gasteiger partial charge in [0.25, 0.3) is 5.56 Å². The molecule has 1 amide bonds. The number of aromatic nitrogens is 2. The molecular formula is C20H16F5N3O3. The molecule has 1 aromatic carbocycles. The molecule has 0 bridgehead atoms. The van der Waals surface area contributed by atoms with Crippen LogP contribution in [0.1, 0.15) is 28.4 Å². The maximum Gasteiger partial charge on any atom is 0.434 e. The number of aliphatic hydroxyl groups excluding tert-OH is 1. The number of hydrogen-bond acceptors (Lipinski definition) is 4. The molecule has 0 spiro atoms. The first kappa shape index (κ1) is 22.3. The number of hydrogen-bond donors (Lipinski definition) is 3. The van der Waals surface area contributed by atoms with E-state index in [2.05, 4.69) is 15.3 Å². The Labute approximate surface area is 171 Å². The molecule has 0 saturated heterocycles. The summed E-state index contributed by atoms with van der Waals surface area (Å²) in [5.74, 6) is -2.70. The van der Waals surface area contributed by atoms with Gasteiger partial charge in [0.15, 0.2) is 5.69 Å². The van der Waals surface area contributed by atoms with Gasteiger partial charge in [-0.15, -0.1) is 0 Å². The Balaban J connectivity index is 1.95. The van der Waals surface area contributed by atoms with Crippen LogP contribution in [0, 0.1) is 18.6 Å². The molecule has 3 rings (SSSR count). The van der Waals surface area contributed by atoms with Crippen molar-refractivity contribution in [2.75, 3.05) is 6.61 Å². The predicted molar refractivity (Wildman–Crippen MR) is 100 cm³/mol. The van der Waals surface area contributed by atoms with Crippen molar-refractivity contribution in [2.45, 2.75) is 25.6 Å². The van der Waals surface area contributed by atoms with Crippen LogP contribution in [-0.2, 0) is 17.4 Å².